The highest BCUT2D eigenvalue weighted by molar-refractivity contribution is 7.99. The monoisotopic (exact) mass is 500 g/mol. The van der Waals surface area contributed by atoms with Gasteiger partial charge < -0.3 is 10.2 Å². The molecule has 0 aliphatic rings. The van der Waals surface area contributed by atoms with Gasteiger partial charge in [0.25, 0.3) is 0 Å². The molecule has 0 fully saturated rings. The van der Waals surface area contributed by atoms with Crippen LogP contribution in [0.15, 0.2) is 42.5 Å². The lowest BCUT2D eigenvalue weighted by molar-refractivity contribution is -0.138. The second kappa shape index (κ2) is 13.2. The van der Waals surface area contributed by atoms with E-state index in [1.165, 1.54) is 11.8 Å². The summed E-state index contributed by atoms with van der Waals surface area (Å²) in [7, 11) is 0. The molecule has 0 saturated heterocycles. The van der Waals surface area contributed by atoms with Gasteiger partial charge in [0.2, 0.25) is 11.8 Å². The molecule has 0 spiro atoms. The number of nitrogens with one attached hydrogen (secondary N) is 1. The maximum Gasteiger partial charge on any atom is 0.242 e. The van der Waals surface area contributed by atoms with Crippen LogP contribution in [0, 0.1) is 0 Å². The van der Waals surface area contributed by atoms with Crippen molar-refractivity contribution in [2.45, 2.75) is 45.0 Å². The van der Waals surface area contributed by atoms with Crippen LogP contribution in [0.3, 0.4) is 0 Å². The number of carbonyl (C=O) groups is 2. The molecule has 2 rings (SSSR count). The molecule has 2 aromatic carbocycles. The first-order valence-corrected chi connectivity index (χ1v) is 12.4. The van der Waals surface area contributed by atoms with Crippen molar-refractivity contribution in [3.63, 3.8) is 0 Å². The molecular weight excluding hydrogens is 475 g/mol. The van der Waals surface area contributed by atoms with Gasteiger partial charge in [0, 0.05) is 33.9 Å². The number of nitrogens with zero attached hydrogens (tertiary/aromatic N) is 1. The first-order chi connectivity index (χ1) is 14.8. The molecule has 1 atom stereocenters. The number of rotatable bonds is 11. The van der Waals surface area contributed by atoms with Gasteiger partial charge in [0.05, 0.1) is 5.75 Å². The molecule has 0 unspecified atom stereocenters. The van der Waals surface area contributed by atoms with Gasteiger partial charge in [0.1, 0.15) is 6.04 Å². The van der Waals surface area contributed by atoms with Gasteiger partial charge >= 0.3 is 0 Å². The summed E-state index contributed by atoms with van der Waals surface area (Å²) < 4.78 is 0. The number of halogens is 3. The molecular formula is C23H27Cl3N2O2S. The largest absolute Gasteiger partial charge is 0.354 e. The molecule has 0 aliphatic heterocycles. The maximum atomic E-state index is 13.1. The summed E-state index contributed by atoms with van der Waals surface area (Å²) in [5.41, 5.74) is 1.71. The Morgan fingerprint density at radius 2 is 1.71 bits per heavy atom. The third-order valence-corrected chi connectivity index (χ3v) is 6.70. The molecule has 0 aliphatic carbocycles. The maximum absolute atomic E-state index is 13.1. The predicted octanol–water partition coefficient (Wildman–Crippen LogP) is 6.21. The Bertz CT molecular complexity index is 857. The molecule has 2 amide bonds. The van der Waals surface area contributed by atoms with E-state index in [0.717, 1.165) is 24.0 Å². The van der Waals surface area contributed by atoms with Crippen molar-refractivity contribution in [2.75, 3.05) is 12.3 Å². The zero-order valence-electron chi connectivity index (χ0n) is 17.7. The number of unbranched alkanes of at least 4 members (excludes halogenated alkanes) is 1. The molecule has 4 nitrogen and oxygen atoms in total. The lowest BCUT2D eigenvalue weighted by Crippen LogP contribution is -2.48. The highest BCUT2D eigenvalue weighted by atomic mass is 35.5. The van der Waals surface area contributed by atoms with E-state index in [9.17, 15) is 9.59 Å². The van der Waals surface area contributed by atoms with Crippen LogP contribution in [0.5, 0.6) is 0 Å². The lowest BCUT2D eigenvalue weighted by Gasteiger charge is -2.29. The van der Waals surface area contributed by atoms with Crippen LogP contribution in [-0.2, 0) is 21.9 Å². The fourth-order valence-corrected chi connectivity index (χ4v) is 4.67. The van der Waals surface area contributed by atoms with Crippen molar-refractivity contribution in [3.8, 4) is 0 Å². The minimum atomic E-state index is -0.593. The second-order valence-corrected chi connectivity index (χ2v) is 9.40. The molecule has 0 heterocycles. The van der Waals surface area contributed by atoms with E-state index in [1.54, 1.807) is 42.2 Å². The Kier molecular flexibility index (Phi) is 11.0. The molecule has 1 N–H and O–H groups in total. The van der Waals surface area contributed by atoms with Gasteiger partial charge in [-0.15, -0.1) is 11.8 Å². The standard InChI is InChI=1S/C23H27Cl3N2O2S/c1-3-4-12-27-23(30)16(2)28(13-17-8-10-18(24)11-9-17)22(29)15-31-14-19-20(25)6-5-7-21(19)26/h5-11,16H,3-4,12-15H2,1-2H3,(H,27,30)/t16-/m0/s1. The third kappa shape index (κ3) is 8.23. The number of hydrogen-bond acceptors (Lipinski definition) is 3. The van der Waals surface area contributed by atoms with Crippen LogP contribution in [-0.4, -0.2) is 35.1 Å². The summed E-state index contributed by atoms with van der Waals surface area (Å²) in [6.07, 6.45) is 1.89. The van der Waals surface area contributed by atoms with Crippen LogP contribution >= 0.6 is 46.6 Å². The Morgan fingerprint density at radius 3 is 2.32 bits per heavy atom. The molecule has 31 heavy (non-hydrogen) atoms. The zero-order chi connectivity index (χ0) is 22.8. The summed E-state index contributed by atoms with van der Waals surface area (Å²) in [5, 5.41) is 4.69. The summed E-state index contributed by atoms with van der Waals surface area (Å²) in [4.78, 5) is 27.3. The van der Waals surface area contributed by atoms with Gasteiger partial charge in [-0.25, -0.2) is 0 Å². The third-order valence-electron chi connectivity index (χ3n) is 4.80. The summed E-state index contributed by atoms with van der Waals surface area (Å²) in [5.74, 6) is 0.439. The predicted molar refractivity (Wildman–Crippen MR) is 132 cm³/mol. The SMILES string of the molecule is CCCCNC(=O)[C@H](C)N(Cc1ccc(Cl)cc1)C(=O)CSCc1c(Cl)cccc1Cl. The number of hydrogen-bond donors (Lipinski definition) is 1. The van der Waals surface area contributed by atoms with Gasteiger partial charge in [-0.3, -0.25) is 9.59 Å². The molecule has 0 bridgehead atoms. The molecule has 0 radical (unpaired) electrons. The van der Waals surface area contributed by atoms with E-state index in [-0.39, 0.29) is 17.6 Å². The van der Waals surface area contributed by atoms with Crippen molar-refractivity contribution < 1.29 is 9.59 Å². The normalized spacial score (nSPS) is 11.8. The summed E-state index contributed by atoms with van der Waals surface area (Å²) >= 11 is 19.8. The van der Waals surface area contributed by atoms with E-state index in [0.29, 0.717) is 33.9 Å². The van der Waals surface area contributed by atoms with Gasteiger partial charge in [-0.05, 0) is 48.7 Å². The number of amides is 2. The average molecular weight is 502 g/mol. The van der Waals surface area contributed by atoms with E-state index in [4.69, 9.17) is 34.8 Å². The van der Waals surface area contributed by atoms with Crippen LogP contribution in [0.2, 0.25) is 15.1 Å². The molecule has 8 heteroatoms. The molecule has 0 aromatic heterocycles. The average Bonchev–Trinajstić information content (AvgIpc) is 2.75. The van der Waals surface area contributed by atoms with Gasteiger partial charge in [0.15, 0.2) is 0 Å². The van der Waals surface area contributed by atoms with Crippen LogP contribution in [0.4, 0.5) is 0 Å². The molecule has 2 aromatic rings. The van der Waals surface area contributed by atoms with Gasteiger partial charge in [-0.2, -0.15) is 0 Å². The molecule has 168 valence electrons. The minimum Gasteiger partial charge on any atom is -0.354 e. The summed E-state index contributed by atoms with van der Waals surface area (Å²) in [6.45, 7) is 4.74. The Balaban J connectivity index is 2.07. The van der Waals surface area contributed by atoms with Crippen molar-refractivity contribution in [1.82, 2.24) is 10.2 Å². The Morgan fingerprint density at radius 1 is 1.06 bits per heavy atom. The fraction of sp³-hybridized carbons (Fsp3) is 0.391. The van der Waals surface area contributed by atoms with Crippen molar-refractivity contribution in [3.05, 3.63) is 68.7 Å². The summed E-state index contributed by atoms with van der Waals surface area (Å²) in [6, 6.07) is 12.0. The van der Waals surface area contributed by atoms with E-state index in [2.05, 4.69) is 12.2 Å². The van der Waals surface area contributed by atoms with Crippen molar-refractivity contribution in [2.24, 2.45) is 0 Å². The highest BCUT2D eigenvalue weighted by Crippen LogP contribution is 2.28. The first-order valence-electron chi connectivity index (χ1n) is 10.2. The van der Waals surface area contributed by atoms with Crippen molar-refractivity contribution >= 4 is 58.4 Å². The van der Waals surface area contributed by atoms with E-state index in [1.807, 2.05) is 12.1 Å². The number of carbonyl (C=O) groups excluding carboxylic acids is 2. The zero-order valence-corrected chi connectivity index (χ0v) is 20.8. The van der Waals surface area contributed by atoms with Gasteiger partial charge in [-0.1, -0.05) is 66.3 Å². The Hall–Kier alpha value is -1.40. The van der Waals surface area contributed by atoms with Crippen LogP contribution in [0.1, 0.15) is 37.8 Å². The fourth-order valence-electron chi connectivity index (χ4n) is 2.90. The van der Waals surface area contributed by atoms with E-state index >= 15 is 0 Å². The molecule has 0 saturated carbocycles. The lowest BCUT2D eigenvalue weighted by atomic mass is 10.1. The quantitative estimate of drug-likeness (QED) is 0.372. The smallest absolute Gasteiger partial charge is 0.242 e. The number of benzene rings is 2. The van der Waals surface area contributed by atoms with Crippen LogP contribution in [0.25, 0.3) is 0 Å². The van der Waals surface area contributed by atoms with Crippen molar-refractivity contribution in [1.29, 1.82) is 0 Å². The minimum absolute atomic E-state index is 0.124. The Labute approximate surface area is 203 Å². The van der Waals surface area contributed by atoms with E-state index < -0.39 is 6.04 Å². The topological polar surface area (TPSA) is 49.4 Å². The highest BCUT2D eigenvalue weighted by Gasteiger charge is 2.26. The number of thioether (sulfide) groups is 1. The van der Waals surface area contributed by atoms with Crippen LogP contribution < -0.4 is 5.32 Å². The second-order valence-electron chi connectivity index (χ2n) is 7.16. The first kappa shape index (κ1) is 25.9.